The molecule has 14 heavy (non-hydrogen) atoms. The largest absolute Gasteiger partial charge is 0.357 e. The summed E-state index contributed by atoms with van der Waals surface area (Å²) in [6.45, 7) is 4.83. The third kappa shape index (κ3) is 2.80. The molecule has 0 unspecified atom stereocenters. The highest BCUT2D eigenvalue weighted by Gasteiger charge is 2.11. The summed E-state index contributed by atoms with van der Waals surface area (Å²) in [5.41, 5.74) is 0. The van der Waals surface area contributed by atoms with Crippen molar-refractivity contribution in [2.45, 2.75) is 13.8 Å². The molecule has 5 heteroatoms. The summed E-state index contributed by atoms with van der Waals surface area (Å²) >= 11 is 5.58. The lowest BCUT2D eigenvalue weighted by Gasteiger charge is -2.20. The van der Waals surface area contributed by atoms with Crippen molar-refractivity contribution >= 4 is 17.4 Å². The minimum Gasteiger partial charge on any atom is -0.357 e. The SMILES string of the molecule is CC(C)CN(C)c1nc(Cl)ncc1F. The second-order valence-electron chi connectivity index (χ2n) is 3.58. The first-order chi connectivity index (χ1) is 6.50. The van der Waals surface area contributed by atoms with Gasteiger partial charge in [0.05, 0.1) is 6.20 Å². The van der Waals surface area contributed by atoms with E-state index < -0.39 is 5.82 Å². The van der Waals surface area contributed by atoms with Crippen molar-refractivity contribution in [2.75, 3.05) is 18.5 Å². The molecule has 1 aromatic heterocycles. The van der Waals surface area contributed by atoms with E-state index in [1.807, 2.05) is 0 Å². The normalized spacial score (nSPS) is 10.7. The van der Waals surface area contributed by atoms with E-state index in [1.165, 1.54) is 0 Å². The first-order valence-corrected chi connectivity index (χ1v) is 4.77. The van der Waals surface area contributed by atoms with Crippen LogP contribution in [0.4, 0.5) is 10.2 Å². The molecule has 0 aliphatic carbocycles. The van der Waals surface area contributed by atoms with Crippen LogP contribution in [-0.2, 0) is 0 Å². The van der Waals surface area contributed by atoms with Gasteiger partial charge in [-0.15, -0.1) is 0 Å². The molecular weight excluding hydrogens is 205 g/mol. The molecule has 0 aromatic carbocycles. The Morgan fingerprint density at radius 2 is 2.21 bits per heavy atom. The first-order valence-electron chi connectivity index (χ1n) is 4.40. The monoisotopic (exact) mass is 217 g/mol. The number of anilines is 1. The van der Waals surface area contributed by atoms with Crippen LogP contribution in [0.3, 0.4) is 0 Å². The zero-order chi connectivity index (χ0) is 10.7. The van der Waals surface area contributed by atoms with E-state index in [1.54, 1.807) is 11.9 Å². The third-order valence-electron chi connectivity index (χ3n) is 1.70. The average Bonchev–Trinajstić information content (AvgIpc) is 2.08. The van der Waals surface area contributed by atoms with Gasteiger partial charge in [0.15, 0.2) is 11.6 Å². The average molecular weight is 218 g/mol. The summed E-state index contributed by atoms with van der Waals surface area (Å²) in [5, 5.41) is 0.0667. The third-order valence-corrected chi connectivity index (χ3v) is 1.88. The minimum absolute atomic E-state index is 0.0667. The van der Waals surface area contributed by atoms with Gasteiger partial charge in [-0.05, 0) is 17.5 Å². The summed E-state index contributed by atoms with van der Waals surface area (Å²) in [6, 6.07) is 0. The van der Waals surface area contributed by atoms with Gasteiger partial charge in [0.1, 0.15) is 0 Å². The summed E-state index contributed by atoms with van der Waals surface area (Å²) in [7, 11) is 1.78. The van der Waals surface area contributed by atoms with Crippen molar-refractivity contribution in [1.29, 1.82) is 0 Å². The maximum absolute atomic E-state index is 13.2. The van der Waals surface area contributed by atoms with Crippen LogP contribution in [0.2, 0.25) is 5.28 Å². The van der Waals surface area contributed by atoms with Crippen LogP contribution in [0.1, 0.15) is 13.8 Å². The molecule has 0 amide bonds. The molecule has 0 radical (unpaired) electrons. The quantitative estimate of drug-likeness (QED) is 0.728. The molecule has 78 valence electrons. The number of hydrogen-bond donors (Lipinski definition) is 0. The van der Waals surface area contributed by atoms with Gasteiger partial charge in [0.2, 0.25) is 5.28 Å². The standard InChI is InChI=1S/C9H13ClFN3/c1-6(2)5-14(3)8-7(11)4-12-9(10)13-8/h4,6H,5H2,1-3H3. The highest BCUT2D eigenvalue weighted by Crippen LogP contribution is 2.16. The van der Waals surface area contributed by atoms with Gasteiger partial charge in [0, 0.05) is 13.6 Å². The van der Waals surface area contributed by atoms with Gasteiger partial charge in [0.25, 0.3) is 0 Å². The second-order valence-corrected chi connectivity index (χ2v) is 3.92. The number of hydrogen-bond acceptors (Lipinski definition) is 3. The Bertz CT molecular complexity index is 317. The van der Waals surface area contributed by atoms with Crippen LogP contribution in [-0.4, -0.2) is 23.6 Å². The minimum atomic E-state index is -0.447. The number of aromatic nitrogens is 2. The molecule has 0 spiro atoms. The van der Waals surface area contributed by atoms with Gasteiger partial charge in [-0.25, -0.2) is 9.37 Å². The van der Waals surface area contributed by atoms with E-state index in [0.29, 0.717) is 5.92 Å². The van der Waals surface area contributed by atoms with Crippen LogP contribution in [0.25, 0.3) is 0 Å². The zero-order valence-electron chi connectivity index (χ0n) is 8.46. The molecule has 1 aromatic rings. The van der Waals surface area contributed by atoms with Crippen LogP contribution >= 0.6 is 11.6 Å². The predicted molar refractivity (Wildman–Crippen MR) is 55.1 cm³/mol. The lowest BCUT2D eigenvalue weighted by molar-refractivity contribution is 0.586. The van der Waals surface area contributed by atoms with Crippen molar-refractivity contribution in [2.24, 2.45) is 5.92 Å². The molecule has 0 aliphatic heterocycles. The van der Waals surface area contributed by atoms with Crippen molar-refractivity contribution < 1.29 is 4.39 Å². The van der Waals surface area contributed by atoms with Gasteiger partial charge < -0.3 is 4.90 Å². The molecular formula is C9H13ClFN3. The van der Waals surface area contributed by atoms with E-state index in [9.17, 15) is 4.39 Å². The number of halogens is 2. The molecule has 0 atom stereocenters. The molecule has 3 nitrogen and oxygen atoms in total. The molecule has 0 saturated heterocycles. The second kappa shape index (κ2) is 4.55. The number of nitrogens with zero attached hydrogens (tertiary/aromatic N) is 3. The van der Waals surface area contributed by atoms with Crippen LogP contribution in [0.5, 0.6) is 0 Å². The number of rotatable bonds is 3. The maximum atomic E-state index is 13.2. The molecule has 0 aliphatic rings. The van der Waals surface area contributed by atoms with Gasteiger partial charge in [-0.1, -0.05) is 13.8 Å². The predicted octanol–water partition coefficient (Wildman–Crippen LogP) is 2.36. The van der Waals surface area contributed by atoms with Gasteiger partial charge >= 0.3 is 0 Å². The summed E-state index contributed by atoms with van der Waals surface area (Å²) < 4.78 is 13.2. The molecule has 0 bridgehead atoms. The van der Waals surface area contributed by atoms with Crippen molar-refractivity contribution in [3.05, 3.63) is 17.3 Å². The first kappa shape index (κ1) is 11.2. The zero-order valence-corrected chi connectivity index (χ0v) is 9.22. The lowest BCUT2D eigenvalue weighted by atomic mass is 10.2. The Labute approximate surface area is 87.9 Å². The summed E-state index contributed by atoms with van der Waals surface area (Å²) in [4.78, 5) is 9.11. The Balaban J connectivity index is 2.88. The molecule has 1 heterocycles. The lowest BCUT2D eigenvalue weighted by Crippen LogP contribution is -2.24. The van der Waals surface area contributed by atoms with Gasteiger partial charge in [-0.3, -0.25) is 0 Å². The van der Waals surface area contributed by atoms with Crippen molar-refractivity contribution in [3.8, 4) is 0 Å². The van der Waals surface area contributed by atoms with E-state index in [0.717, 1.165) is 12.7 Å². The Morgan fingerprint density at radius 3 is 2.79 bits per heavy atom. The van der Waals surface area contributed by atoms with Crippen molar-refractivity contribution in [3.63, 3.8) is 0 Å². The summed E-state index contributed by atoms with van der Waals surface area (Å²) in [5.74, 6) is 0.240. The van der Waals surface area contributed by atoms with Crippen LogP contribution in [0, 0.1) is 11.7 Å². The van der Waals surface area contributed by atoms with E-state index in [2.05, 4.69) is 23.8 Å². The summed E-state index contributed by atoms with van der Waals surface area (Å²) in [6.07, 6.45) is 1.08. The Kier molecular flexibility index (Phi) is 3.63. The van der Waals surface area contributed by atoms with Crippen LogP contribution in [0.15, 0.2) is 6.20 Å². The Hall–Kier alpha value is -0.900. The van der Waals surface area contributed by atoms with E-state index in [4.69, 9.17) is 11.6 Å². The molecule has 0 N–H and O–H groups in total. The molecule has 0 fully saturated rings. The smallest absolute Gasteiger partial charge is 0.224 e. The fraction of sp³-hybridized carbons (Fsp3) is 0.556. The Morgan fingerprint density at radius 1 is 1.57 bits per heavy atom. The van der Waals surface area contributed by atoms with E-state index >= 15 is 0 Å². The van der Waals surface area contributed by atoms with Crippen molar-refractivity contribution in [1.82, 2.24) is 9.97 Å². The highest BCUT2D eigenvalue weighted by atomic mass is 35.5. The topological polar surface area (TPSA) is 29.0 Å². The maximum Gasteiger partial charge on any atom is 0.224 e. The van der Waals surface area contributed by atoms with E-state index in [-0.39, 0.29) is 11.1 Å². The fourth-order valence-corrected chi connectivity index (χ4v) is 1.37. The van der Waals surface area contributed by atoms with Crippen LogP contribution < -0.4 is 4.90 Å². The highest BCUT2D eigenvalue weighted by molar-refractivity contribution is 6.28. The fourth-order valence-electron chi connectivity index (χ4n) is 1.24. The molecule has 1 rings (SSSR count). The molecule has 0 saturated carbocycles. The van der Waals surface area contributed by atoms with Gasteiger partial charge in [-0.2, -0.15) is 4.98 Å².